The van der Waals surface area contributed by atoms with Gasteiger partial charge in [0.05, 0.1) is 29.6 Å². The third kappa shape index (κ3) is 3.36. The molecule has 0 bridgehead atoms. The predicted octanol–water partition coefficient (Wildman–Crippen LogP) is 4.29. The minimum Gasteiger partial charge on any atom is -0.397 e. The zero-order valence-electron chi connectivity index (χ0n) is 16.6. The van der Waals surface area contributed by atoms with Gasteiger partial charge in [-0.25, -0.2) is 4.98 Å². The van der Waals surface area contributed by atoms with E-state index >= 15 is 0 Å². The number of primary amides is 1. The van der Waals surface area contributed by atoms with Crippen molar-refractivity contribution in [2.75, 3.05) is 11.1 Å². The van der Waals surface area contributed by atoms with Crippen molar-refractivity contribution in [3.63, 3.8) is 0 Å². The minimum atomic E-state index is -0.544. The summed E-state index contributed by atoms with van der Waals surface area (Å²) < 4.78 is 0. The third-order valence-corrected chi connectivity index (χ3v) is 7.66. The van der Waals surface area contributed by atoms with Gasteiger partial charge in [-0.15, -0.1) is 22.7 Å². The van der Waals surface area contributed by atoms with Gasteiger partial charge >= 0.3 is 0 Å². The van der Waals surface area contributed by atoms with E-state index in [1.165, 1.54) is 11.3 Å². The first-order chi connectivity index (χ1) is 15.5. The number of fused-ring (bicyclic) bond motifs is 2. The topological polar surface area (TPSA) is 121 Å². The summed E-state index contributed by atoms with van der Waals surface area (Å²) in [4.78, 5) is 20.8. The van der Waals surface area contributed by atoms with Gasteiger partial charge in [0.2, 0.25) is 0 Å². The van der Waals surface area contributed by atoms with Crippen molar-refractivity contribution >= 4 is 67.5 Å². The number of hydrogen-bond acceptors (Lipinski definition) is 7. The zero-order valence-corrected chi connectivity index (χ0v) is 19.0. The summed E-state index contributed by atoms with van der Waals surface area (Å²) in [7, 11) is 0. The third-order valence-electron chi connectivity index (χ3n) is 5.30. The van der Waals surface area contributed by atoms with Crippen LogP contribution in [0.2, 0.25) is 0 Å². The van der Waals surface area contributed by atoms with Crippen molar-refractivity contribution in [1.82, 2.24) is 9.88 Å². The number of nitrogen functional groups attached to an aromatic ring is 1. The molecule has 1 aliphatic heterocycles. The Morgan fingerprint density at radius 1 is 1.25 bits per heavy atom. The molecule has 32 heavy (non-hydrogen) atoms. The first kappa shape index (κ1) is 20.4. The number of nitrogens with zero attached hydrogens (tertiary/aromatic N) is 3. The minimum absolute atomic E-state index is 0.337. The maximum absolute atomic E-state index is 11.9. The van der Waals surface area contributed by atoms with Gasteiger partial charge in [-0.2, -0.15) is 5.26 Å². The lowest BCUT2D eigenvalue weighted by Gasteiger charge is -2.19. The van der Waals surface area contributed by atoms with Gasteiger partial charge < -0.3 is 21.7 Å². The Morgan fingerprint density at radius 3 is 2.69 bits per heavy atom. The quantitative estimate of drug-likeness (QED) is 0.377. The van der Waals surface area contributed by atoms with Crippen LogP contribution in [-0.2, 0) is 13.1 Å². The number of hydrogen-bond donors (Lipinski definition) is 3. The average Bonchev–Trinajstić information content (AvgIpc) is 3.52. The van der Waals surface area contributed by atoms with Crippen LogP contribution in [0.15, 0.2) is 41.8 Å². The molecular formula is C22H16N6OS3. The maximum atomic E-state index is 11.9. The molecule has 1 aromatic carbocycles. The molecule has 4 aromatic rings. The summed E-state index contributed by atoms with van der Waals surface area (Å²) in [6.45, 7) is 1.10. The second kappa shape index (κ2) is 7.87. The van der Waals surface area contributed by atoms with Crippen LogP contribution in [0.4, 0.5) is 11.4 Å². The highest BCUT2D eigenvalue weighted by Crippen LogP contribution is 2.45. The fraction of sp³-hybridized carbons (Fsp3) is 0.0909. The van der Waals surface area contributed by atoms with Gasteiger partial charge in [-0.3, -0.25) is 4.79 Å². The highest BCUT2D eigenvalue weighted by atomic mass is 32.1. The molecule has 5 rings (SSSR count). The molecule has 0 saturated heterocycles. The lowest BCUT2D eigenvalue weighted by atomic mass is 10.0. The smallest absolute Gasteiger partial charge is 0.260 e. The largest absolute Gasteiger partial charge is 0.397 e. The van der Waals surface area contributed by atoms with E-state index in [1.807, 2.05) is 34.5 Å². The van der Waals surface area contributed by atoms with E-state index in [0.29, 0.717) is 39.2 Å². The number of pyridine rings is 1. The second-order valence-electron chi connectivity index (χ2n) is 7.25. The Labute approximate surface area is 196 Å². The Hall–Kier alpha value is -3.52. The van der Waals surface area contributed by atoms with Crippen LogP contribution in [0.5, 0.6) is 0 Å². The van der Waals surface area contributed by atoms with E-state index in [2.05, 4.69) is 11.4 Å². The molecule has 1 amide bonds. The molecule has 0 saturated carbocycles. The zero-order chi connectivity index (χ0) is 22.4. The number of nitrogens with one attached hydrogen (secondary N) is 1. The van der Waals surface area contributed by atoms with Gasteiger partial charge in [0.25, 0.3) is 5.91 Å². The number of nitrogens with two attached hydrogens (primary N) is 2. The fourth-order valence-corrected chi connectivity index (χ4v) is 5.84. The molecule has 1 aliphatic rings. The van der Waals surface area contributed by atoms with Crippen LogP contribution in [-0.4, -0.2) is 20.9 Å². The number of rotatable bonds is 3. The Kier molecular flexibility index (Phi) is 5.01. The highest BCUT2D eigenvalue weighted by molar-refractivity contribution is 7.80. The second-order valence-corrected chi connectivity index (χ2v) is 9.59. The number of thiocarbonyl (C=S) groups is 1. The van der Waals surface area contributed by atoms with Crippen LogP contribution < -0.4 is 16.8 Å². The van der Waals surface area contributed by atoms with Crippen LogP contribution in [0.25, 0.3) is 20.7 Å². The Morgan fingerprint density at radius 2 is 2.03 bits per heavy atom. The average molecular weight is 477 g/mol. The van der Waals surface area contributed by atoms with E-state index < -0.39 is 5.91 Å². The number of thiophene rings is 2. The standard InChI is InChI=1S/C22H16N6OS3/c23-8-11-3-5-12(6-4-11)26-22(30)28-9-13-14(10-28)27-21-17(16(13)15-2-1-7-31-15)18(24)19(32-21)20(25)29/h1-7H,9-10,24H2,(H2,25,29)(H,26,30). The monoisotopic (exact) mass is 476 g/mol. The van der Waals surface area contributed by atoms with Gasteiger partial charge in [-0.1, -0.05) is 6.07 Å². The summed E-state index contributed by atoms with van der Waals surface area (Å²) in [6.07, 6.45) is 0. The van der Waals surface area contributed by atoms with Crippen LogP contribution in [0.3, 0.4) is 0 Å². The molecule has 10 heteroatoms. The SMILES string of the molecule is N#Cc1ccc(NC(=S)N2Cc3nc4sc(C(N)=O)c(N)c4c(-c4cccs4)c3C2)cc1. The van der Waals surface area contributed by atoms with Crippen molar-refractivity contribution in [3.8, 4) is 16.5 Å². The van der Waals surface area contributed by atoms with Gasteiger partial charge in [0, 0.05) is 33.6 Å². The maximum Gasteiger partial charge on any atom is 0.260 e. The lowest BCUT2D eigenvalue weighted by Crippen LogP contribution is -2.30. The van der Waals surface area contributed by atoms with E-state index in [9.17, 15) is 4.79 Å². The number of anilines is 2. The van der Waals surface area contributed by atoms with Crippen LogP contribution >= 0.6 is 34.9 Å². The molecular weight excluding hydrogens is 460 g/mol. The summed E-state index contributed by atoms with van der Waals surface area (Å²) >= 11 is 8.49. The molecule has 0 unspecified atom stereocenters. The van der Waals surface area contributed by atoms with Crippen molar-refractivity contribution in [2.45, 2.75) is 13.1 Å². The molecule has 0 spiro atoms. The lowest BCUT2D eigenvalue weighted by molar-refractivity contribution is 0.100. The van der Waals surface area contributed by atoms with Gasteiger partial charge in [-0.05, 0) is 47.9 Å². The first-order valence-corrected chi connectivity index (χ1v) is 11.7. The molecule has 7 nitrogen and oxygen atoms in total. The molecule has 3 aromatic heterocycles. The van der Waals surface area contributed by atoms with E-state index in [1.54, 1.807) is 23.5 Å². The molecule has 0 aliphatic carbocycles. The molecule has 5 N–H and O–H groups in total. The number of carbonyl (C=O) groups excluding carboxylic acids is 1. The predicted molar refractivity (Wildman–Crippen MR) is 132 cm³/mol. The van der Waals surface area contributed by atoms with E-state index in [0.717, 1.165) is 32.8 Å². The van der Waals surface area contributed by atoms with Crippen molar-refractivity contribution in [1.29, 1.82) is 5.26 Å². The molecule has 0 fully saturated rings. The number of amides is 1. The fourth-order valence-electron chi connectivity index (χ4n) is 3.82. The van der Waals surface area contributed by atoms with Gasteiger partial charge in [0.15, 0.2) is 5.11 Å². The van der Waals surface area contributed by atoms with Gasteiger partial charge in [0.1, 0.15) is 9.71 Å². The molecule has 0 atom stereocenters. The van der Waals surface area contributed by atoms with Crippen molar-refractivity contribution < 1.29 is 4.79 Å². The summed E-state index contributed by atoms with van der Waals surface area (Å²) in [5.74, 6) is -0.544. The summed E-state index contributed by atoms with van der Waals surface area (Å²) in [6, 6.07) is 13.3. The summed E-state index contributed by atoms with van der Waals surface area (Å²) in [5.41, 5.74) is 16.6. The summed E-state index contributed by atoms with van der Waals surface area (Å²) in [5, 5.41) is 15.6. The number of carbonyl (C=O) groups is 1. The Balaban J connectivity index is 1.53. The highest BCUT2D eigenvalue weighted by Gasteiger charge is 2.30. The van der Waals surface area contributed by atoms with E-state index in [4.69, 9.17) is 33.9 Å². The van der Waals surface area contributed by atoms with E-state index in [-0.39, 0.29) is 0 Å². The Bertz CT molecular complexity index is 1420. The van der Waals surface area contributed by atoms with Crippen LogP contribution in [0, 0.1) is 11.3 Å². The van der Waals surface area contributed by atoms with Crippen molar-refractivity contribution in [3.05, 3.63) is 63.5 Å². The number of nitriles is 1. The normalized spacial score (nSPS) is 12.5. The molecule has 158 valence electrons. The number of benzene rings is 1. The molecule has 0 radical (unpaired) electrons. The van der Waals surface area contributed by atoms with Crippen LogP contribution in [0.1, 0.15) is 26.5 Å². The molecule has 4 heterocycles. The van der Waals surface area contributed by atoms with Crippen molar-refractivity contribution in [2.24, 2.45) is 5.73 Å². The number of aromatic nitrogens is 1. The first-order valence-electron chi connectivity index (χ1n) is 9.59.